The van der Waals surface area contributed by atoms with Crippen LogP contribution in [0.25, 0.3) is 6.08 Å². The highest BCUT2D eigenvalue weighted by Crippen LogP contribution is 2.35. The molecule has 1 aliphatic carbocycles. The predicted octanol–water partition coefficient (Wildman–Crippen LogP) is 5.03. The molecule has 1 N–H and O–H groups in total. The second-order valence-electron chi connectivity index (χ2n) is 7.54. The molecule has 4 rings (SSSR count). The van der Waals surface area contributed by atoms with Crippen molar-refractivity contribution in [2.24, 2.45) is 5.10 Å². The van der Waals surface area contributed by atoms with Crippen molar-refractivity contribution in [2.45, 2.75) is 26.7 Å². The smallest absolute Gasteiger partial charge is 0.243 e. The summed E-state index contributed by atoms with van der Waals surface area (Å²) in [4.78, 5) is 11.2. The van der Waals surface area contributed by atoms with Gasteiger partial charge in [0.15, 0.2) is 0 Å². The number of anilines is 1. The molecule has 0 atom stereocenters. The van der Waals surface area contributed by atoms with Crippen LogP contribution < -0.4 is 5.43 Å². The van der Waals surface area contributed by atoms with Crippen molar-refractivity contribution in [3.63, 3.8) is 0 Å². The Morgan fingerprint density at radius 3 is 2.42 bits per heavy atom. The molecule has 0 bridgehead atoms. The van der Waals surface area contributed by atoms with E-state index in [-0.39, 0.29) is 12.4 Å². The molecule has 0 unspecified atom stereocenters. The van der Waals surface area contributed by atoms with Gasteiger partial charge in [-0.25, -0.2) is 15.4 Å². The van der Waals surface area contributed by atoms with Crippen LogP contribution in [-0.4, -0.2) is 47.4 Å². The largest absolute Gasteiger partial charge is 0.378 e. The number of hydrazone groups is 1. The third kappa shape index (κ3) is 6.06. The topological polar surface area (TPSA) is 62.6 Å². The first-order valence-electron chi connectivity index (χ1n) is 10.2. The third-order valence-corrected chi connectivity index (χ3v) is 5.43. The zero-order valence-corrected chi connectivity index (χ0v) is 19.3. The summed E-state index contributed by atoms with van der Waals surface area (Å²) in [6, 6.07) is 9.90. The van der Waals surface area contributed by atoms with E-state index in [9.17, 15) is 0 Å². The molecule has 2 aromatic rings. The second-order valence-corrected chi connectivity index (χ2v) is 7.98. The first kappa shape index (κ1) is 23.3. The van der Waals surface area contributed by atoms with Gasteiger partial charge >= 0.3 is 0 Å². The fraction of sp³-hybridized carbons (Fsp3) is 0.348. The summed E-state index contributed by atoms with van der Waals surface area (Å²) in [5, 5.41) is 5.19. The van der Waals surface area contributed by atoms with Gasteiger partial charge in [0.05, 0.1) is 19.4 Å². The van der Waals surface area contributed by atoms with E-state index in [0.717, 1.165) is 61.1 Å². The minimum absolute atomic E-state index is 0. The first-order valence-corrected chi connectivity index (χ1v) is 10.6. The van der Waals surface area contributed by atoms with Crippen molar-refractivity contribution in [3.8, 4) is 0 Å². The normalized spacial score (nSPS) is 18.0. The molecule has 1 aliphatic heterocycles. The highest BCUT2D eigenvalue weighted by molar-refractivity contribution is 6.30. The molecule has 6 nitrogen and oxygen atoms in total. The number of ether oxygens (including phenoxy) is 1. The molecule has 8 heteroatoms. The predicted molar refractivity (Wildman–Crippen MR) is 129 cm³/mol. The Hall–Kier alpha value is -2.41. The number of nitrogens with one attached hydrogen (secondary N) is 1. The van der Waals surface area contributed by atoms with Crippen LogP contribution in [0.5, 0.6) is 0 Å². The number of rotatable bonds is 5. The highest BCUT2D eigenvalue weighted by atomic mass is 35.5. The molecular formula is C23H27Cl2N5O. The van der Waals surface area contributed by atoms with Gasteiger partial charge in [-0.3, -0.25) is 0 Å². The molecule has 1 aromatic heterocycles. The molecule has 31 heavy (non-hydrogen) atoms. The average Bonchev–Trinajstić information content (AvgIpc) is 3.12. The van der Waals surface area contributed by atoms with E-state index in [2.05, 4.69) is 43.6 Å². The lowest BCUT2D eigenvalue weighted by Gasteiger charge is -2.31. The molecular weight excluding hydrogens is 433 g/mol. The number of nitrogens with zero attached hydrogens (tertiary/aromatic N) is 4. The van der Waals surface area contributed by atoms with Gasteiger partial charge in [0, 0.05) is 35.2 Å². The Morgan fingerprint density at radius 1 is 1.06 bits per heavy atom. The maximum absolute atomic E-state index is 6.04. The van der Waals surface area contributed by atoms with Gasteiger partial charge in [-0.15, -0.1) is 12.4 Å². The molecule has 0 spiro atoms. The zero-order valence-electron chi connectivity index (χ0n) is 17.8. The molecule has 164 valence electrons. The van der Waals surface area contributed by atoms with E-state index in [1.807, 2.05) is 38.3 Å². The van der Waals surface area contributed by atoms with Crippen LogP contribution in [0.1, 0.15) is 29.8 Å². The fourth-order valence-corrected chi connectivity index (χ4v) is 4.00. The number of halogens is 2. The number of aryl methyl sites for hydroxylation is 2. The molecule has 0 saturated carbocycles. The average molecular weight is 460 g/mol. The second kappa shape index (κ2) is 10.8. The van der Waals surface area contributed by atoms with Crippen molar-refractivity contribution >= 4 is 42.2 Å². The minimum Gasteiger partial charge on any atom is -0.378 e. The van der Waals surface area contributed by atoms with Crippen LogP contribution in [0.2, 0.25) is 5.02 Å². The molecule has 1 fully saturated rings. The van der Waals surface area contributed by atoms with Crippen molar-refractivity contribution in [3.05, 3.63) is 69.1 Å². The lowest BCUT2D eigenvalue weighted by atomic mass is 10.1. The van der Waals surface area contributed by atoms with Crippen molar-refractivity contribution in [2.75, 3.05) is 31.7 Å². The molecule has 1 aromatic carbocycles. The Morgan fingerprint density at radius 2 is 1.74 bits per heavy atom. The van der Waals surface area contributed by atoms with E-state index >= 15 is 0 Å². The molecule has 1 saturated heterocycles. The molecule has 2 aliphatic rings. The van der Waals surface area contributed by atoms with Crippen LogP contribution in [0.3, 0.4) is 0 Å². The van der Waals surface area contributed by atoms with Crippen LogP contribution in [0.4, 0.5) is 5.95 Å². The summed E-state index contributed by atoms with van der Waals surface area (Å²) >= 11 is 6.04. The van der Waals surface area contributed by atoms with E-state index in [4.69, 9.17) is 16.3 Å². The fourth-order valence-electron chi connectivity index (χ4n) is 3.88. The van der Waals surface area contributed by atoms with Gasteiger partial charge in [0.1, 0.15) is 0 Å². The van der Waals surface area contributed by atoms with E-state index in [0.29, 0.717) is 5.95 Å². The molecule has 0 amide bonds. The summed E-state index contributed by atoms with van der Waals surface area (Å²) < 4.78 is 5.56. The molecule has 0 radical (unpaired) electrons. The van der Waals surface area contributed by atoms with Gasteiger partial charge in [0.25, 0.3) is 0 Å². The van der Waals surface area contributed by atoms with Gasteiger partial charge < -0.3 is 9.64 Å². The maximum Gasteiger partial charge on any atom is 0.243 e. The van der Waals surface area contributed by atoms with Crippen LogP contribution in [-0.2, 0) is 4.74 Å². The SMILES string of the molecule is Cc1cc(C)nc(NN=CC2=C(N3CCOCC3)/C(=C\c3ccc(Cl)cc3)CC2)n1.Cl. The lowest BCUT2D eigenvalue weighted by Crippen LogP contribution is -2.36. The lowest BCUT2D eigenvalue weighted by molar-refractivity contribution is 0.0548. The van der Waals surface area contributed by atoms with Crippen molar-refractivity contribution < 1.29 is 4.74 Å². The summed E-state index contributed by atoms with van der Waals surface area (Å²) in [6.07, 6.45) is 6.10. The van der Waals surface area contributed by atoms with E-state index in [1.165, 1.54) is 16.8 Å². The number of morpholine rings is 1. The number of hydrogen-bond donors (Lipinski definition) is 1. The number of allylic oxidation sites excluding steroid dienone is 2. The zero-order chi connectivity index (χ0) is 20.9. The van der Waals surface area contributed by atoms with Gasteiger partial charge in [-0.1, -0.05) is 23.7 Å². The van der Waals surface area contributed by atoms with E-state index < -0.39 is 0 Å². The monoisotopic (exact) mass is 459 g/mol. The number of benzene rings is 1. The van der Waals surface area contributed by atoms with Crippen molar-refractivity contribution in [1.82, 2.24) is 14.9 Å². The maximum atomic E-state index is 6.04. The summed E-state index contributed by atoms with van der Waals surface area (Å²) in [6.45, 7) is 7.17. The quantitative estimate of drug-likeness (QED) is 0.501. The summed E-state index contributed by atoms with van der Waals surface area (Å²) in [5.41, 5.74) is 9.78. The Balaban J connectivity index is 0.00000272. The van der Waals surface area contributed by atoms with Gasteiger partial charge in [0.2, 0.25) is 5.95 Å². The van der Waals surface area contributed by atoms with Gasteiger partial charge in [-0.2, -0.15) is 5.10 Å². The number of aromatic nitrogens is 2. The minimum atomic E-state index is 0. The Labute approximate surface area is 194 Å². The van der Waals surface area contributed by atoms with Crippen LogP contribution in [0, 0.1) is 13.8 Å². The standard InChI is InChI=1S/C23H26ClN5O.ClH/c1-16-13-17(2)27-23(26-16)28-25-15-20-6-5-19(14-18-3-7-21(24)8-4-18)22(20)29-9-11-30-12-10-29;/h3-4,7-8,13-15H,5-6,9-12H2,1-2H3,(H,26,27,28);1H/b19-14-,25-15?;. The number of hydrogen-bond acceptors (Lipinski definition) is 6. The first-order chi connectivity index (χ1) is 14.6. The van der Waals surface area contributed by atoms with Crippen molar-refractivity contribution in [1.29, 1.82) is 0 Å². The van der Waals surface area contributed by atoms with Gasteiger partial charge in [-0.05, 0) is 67.7 Å². The van der Waals surface area contributed by atoms with Crippen LogP contribution in [0.15, 0.2) is 52.3 Å². The third-order valence-electron chi connectivity index (χ3n) is 5.18. The molecule has 2 heterocycles. The van der Waals surface area contributed by atoms with E-state index in [1.54, 1.807) is 0 Å². The Kier molecular flexibility index (Phi) is 8.07. The summed E-state index contributed by atoms with van der Waals surface area (Å²) in [5.74, 6) is 0.521. The Bertz CT molecular complexity index is 975. The van der Waals surface area contributed by atoms with Crippen LogP contribution >= 0.6 is 24.0 Å². The highest BCUT2D eigenvalue weighted by Gasteiger charge is 2.25. The summed E-state index contributed by atoms with van der Waals surface area (Å²) in [7, 11) is 0.